The van der Waals surface area contributed by atoms with E-state index in [1.54, 1.807) is 11.8 Å². The van der Waals surface area contributed by atoms with Crippen molar-refractivity contribution in [1.29, 1.82) is 0 Å². The quantitative estimate of drug-likeness (QED) is 0.675. The molecule has 3 rings (SSSR count). The number of rotatable bonds is 0. The van der Waals surface area contributed by atoms with Gasteiger partial charge >= 0.3 is 0 Å². The van der Waals surface area contributed by atoms with E-state index in [2.05, 4.69) is 27.0 Å². The van der Waals surface area contributed by atoms with E-state index < -0.39 is 0 Å². The summed E-state index contributed by atoms with van der Waals surface area (Å²) in [5.74, 6) is 1.00. The molecule has 0 N–H and O–H groups in total. The molecular weight excluding hydrogens is 206 g/mol. The van der Waals surface area contributed by atoms with Gasteiger partial charge in [-0.2, -0.15) is 0 Å². The van der Waals surface area contributed by atoms with Crippen LogP contribution in [-0.2, 0) is 0 Å². The molecule has 4 heteroatoms. The average Bonchev–Trinajstić information content (AvgIpc) is 2.30. The lowest BCUT2D eigenvalue weighted by Gasteiger charge is -2.26. The molecule has 0 saturated carbocycles. The summed E-state index contributed by atoms with van der Waals surface area (Å²) >= 11 is 1.67. The molecule has 0 amide bonds. The Morgan fingerprint density at radius 2 is 1.93 bits per heavy atom. The molecule has 74 valence electrons. The zero-order valence-electron chi connectivity index (χ0n) is 8.21. The minimum absolute atomic E-state index is 1.00. The van der Waals surface area contributed by atoms with Crippen LogP contribution >= 0.6 is 11.8 Å². The van der Waals surface area contributed by atoms with Gasteiger partial charge in [0.25, 0.3) is 0 Å². The van der Waals surface area contributed by atoms with Gasteiger partial charge in [0.1, 0.15) is 10.8 Å². The topological polar surface area (TPSA) is 29.0 Å². The highest BCUT2D eigenvalue weighted by molar-refractivity contribution is 7.99. The maximum absolute atomic E-state index is 4.38. The van der Waals surface area contributed by atoms with Crippen molar-refractivity contribution in [1.82, 2.24) is 9.97 Å². The van der Waals surface area contributed by atoms with E-state index in [9.17, 15) is 0 Å². The Bertz CT molecular complexity index is 467. The van der Waals surface area contributed by atoms with E-state index in [-0.39, 0.29) is 0 Å². The summed E-state index contributed by atoms with van der Waals surface area (Å²) in [7, 11) is 2.02. The summed E-state index contributed by atoms with van der Waals surface area (Å²) in [6, 6.07) is 8.03. The molecule has 0 spiro atoms. The lowest BCUT2D eigenvalue weighted by molar-refractivity contribution is 0.996. The first kappa shape index (κ1) is 8.73. The third-order valence-electron chi connectivity index (χ3n) is 2.39. The van der Waals surface area contributed by atoms with Crippen LogP contribution in [0.4, 0.5) is 11.5 Å². The van der Waals surface area contributed by atoms with E-state index in [0.29, 0.717) is 0 Å². The third kappa shape index (κ3) is 1.29. The third-order valence-corrected chi connectivity index (χ3v) is 3.43. The predicted octanol–water partition coefficient (Wildman–Crippen LogP) is 2.71. The van der Waals surface area contributed by atoms with E-state index >= 15 is 0 Å². The smallest absolute Gasteiger partial charge is 0.146 e. The fourth-order valence-electron chi connectivity index (χ4n) is 1.65. The first-order chi connectivity index (χ1) is 7.36. The Morgan fingerprint density at radius 1 is 1.13 bits per heavy atom. The summed E-state index contributed by atoms with van der Waals surface area (Å²) in [6.45, 7) is 0. The fraction of sp³-hybridized carbons (Fsp3) is 0.0909. The minimum Gasteiger partial charge on any atom is -0.326 e. The molecule has 2 aromatic heterocycles. The molecule has 1 aliphatic heterocycles. The second-order valence-corrected chi connectivity index (χ2v) is 4.34. The van der Waals surface area contributed by atoms with Crippen molar-refractivity contribution in [3.8, 4) is 0 Å². The maximum Gasteiger partial charge on any atom is 0.146 e. The zero-order chi connectivity index (χ0) is 10.3. The van der Waals surface area contributed by atoms with Crippen molar-refractivity contribution >= 4 is 23.3 Å². The van der Waals surface area contributed by atoms with Gasteiger partial charge in [-0.15, -0.1) is 0 Å². The first-order valence-electron chi connectivity index (χ1n) is 4.68. The minimum atomic E-state index is 1.00. The molecule has 0 aromatic carbocycles. The van der Waals surface area contributed by atoms with E-state index in [1.807, 2.05) is 31.6 Å². The SMILES string of the molecule is CN1c2cccnc2Sc2cccnc21. The summed E-state index contributed by atoms with van der Waals surface area (Å²) in [6.07, 6.45) is 3.64. The number of hydrogen-bond acceptors (Lipinski definition) is 4. The largest absolute Gasteiger partial charge is 0.326 e. The number of hydrogen-bond donors (Lipinski definition) is 0. The van der Waals surface area contributed by atoms with Gasteiger partial charge in [0.05, 0.1) is 10.6 Å². The van der Waals surface area contributed by atoms with Crippen molar-refractivity contribution in [3.05, 3.63) is 36.7 Å². The molecule has 3 nitrogen and oxygen atoms in total. The highest BCUT2D eigenvalue weighted by atomic mass is 32.2. The molecule has 2 aromatic rings. The number of fused-ring (bicyclic) bond motifs is 2. The van der Waals surface area contributed by atoms with Gasteiger partial charge in [-0.3, -0.25) is 0 Å². The molecule has 15 heavy (non-hydrogen) atoms. The predicted molar refractivity (Wildman–Crippen MR) is 60.7 cm³/mol. The molecule has 3 heterocycles. The van der Waals surface area contributed by atoms with E-state index in [1.165, 1.54) is 0 Å². The van der Waals surface area contributed by atoms with Gasteiger partial charge in [-0.25, -0.2) is 9.97 Å². The van der Waals surface area contributed by atoms with Crippen molar-refractivity contribution < 1.29 is 0 Å². The van der Waals surface area contributed by atoms with Crippen LogP contribution in [0.3, 0.4) is 0 Å². The Morgan fingerprint density at radius 3 is 2.87 bits per heavy atom. The number of pyridine rings is 2. The summed E-state index contributed by atoms with van der Waals surface area (Å²) < 4.78 is 0. The monoisotopic (exact) mass is 215 g/mol. The van der Waals surface area contributed by atoms with E-state index in [0.717, 1.165) is 21.4 Å². The van der Waals surface area contributed by atoms with Crippen molar-refractivity contribution in [2.45, 2.75) is 9.92 Å². The average molecular weight is 215 g/mol. The van der Waals surface area contributed by atoms with Gasteiger partial charge in [-0.05, 0) is 24.3 Å². The van der Waals surface area contributed by atoms with Crippen LogP contribution in [0.2, 0.25) is 0 Å². The molecular formula is C11H9N3S. The summed E-state index contributed by atoms with van der Waals surface area (Å²) in [5.41, 5.74) is 1.12. The van der Waals surface area contributed by atoms with Crippen LogP contribution in [0.5, 0.6) is 0 Å². The van der Waals surface area contributed by atoms with Gasteiger partial charge in [0.2, 0.25) is 0 Å². The normalized spacial score (nSPS) is 13.3. The number of aromatic nitrogens is 2. The molecule has 1 aliphatic rings. The van der Waals surface area contributed by atoms with Gasteiger partial charge in [0, 0.05) is 19.4 Å². The Balaban J connectivity index is 2.20. The molecule has 0 bridgehead atoms. The maximum atomic E-state index is 4.38. The van der Waals surface area contributed by atoms with Crippen LogP contribution < -0.4 is 4.90 Å². The van der Waals surface area contributed by atoms with Gasteiger partial charge in [-0.1, -0.05) is 11.8 Å². The van der Waals surface area contributed by atoms with Crippen molar-refractivity contribution in [2.75, 3.05) is 11.9 Å². The van der Waals surface area contributed by atoms with Crippen LogP contribution in [0.25, 0.3) is 0 Å². The van der Waals surface area contributed by atoms with E-state index in [4.69, 9.17) is 0 Å². The molecule has 0 unspecified atom stereocenters. The van der Waals surface area contributed by atoms with Crippen LogP contribution in [0, 0.1) is 0 Å². The highest BCUT2D eigenvalue weighted by Crippen LogP contribution is 2.44. The molecule has 0 radical (unpaired) electrons. The lowest BCUT2D eigenvalue weighted by atomic mass is 10.3. The molecule has 0 atom stereocenters. The number of anilines is 2. The van der Waals surface area contributed by atoms with Gasteiger partial charge < -0.3 is 4.90 Å². The van der Waals surface area contributed by atoms with Crippen LogP contribution in [0.1, 0.15) is 0 Å². The van der Waals surface area contributed by atoms with Gasteiger partial charge in [0.15, 0.2) is 0 Å². The van der Waals surface area contributed by atoms with Crippen LogP contribution in [0.15, 0.2) is 46.6 Å². The molecule has 0 aliphatic carbocycles. The lowest BCUT2D eigenvalue weighted by Crippen LogP contribution is -2.16. The first-order valence-corrected chi connectivity index (χ1v) is 5.49. The second kappa shape index (κ2) is 3.24. The summed E-state index contributed by atoms with van der Waals surface area (Å²) in [4.78, 5) is 12.0. The Kier molecular flexibility index (Phi) is 1.89. The van der Waals surface area contributed by atoms with Crippen molar-refractivity contribution in [2.24, 2.45) is 0 Å². The Labute approximate surface area is 92.2 Å². The second-order valence-electron chi connectivity index (χ2n) is 3.31. The Hall–Kier alpha value is -1.55. The number of nitrogens with zero attached hydrogens (tertiary/aromatic N) is 3. The standard InChI is InChI=1S/C11H9N3S/c1-14-8-4-2-7-13-11(8)15-9-5-3-6-12-10(9)14/h2-7H,1H3. The summed E-state index contributed by atoms with van der Waals surface area (Å²) in [5, 5.41) is 1.04. The highest BCUT2D eigenvalue weighted by Gasteiger charge is 2.21. The van der Waals surface area contributed by atoms with Crippen molar-refractivity contribution in [3.63, 3.8) is 0 Å². The zero-order valence-corrected chi connectivity index (χ0v) is 9.03. The fourth-order valence-corrected chi connectivity index (χ4v) is 2.71. The van der Waals surface area contributed by atoms with Crippen LogP contribution in [-0.4, -0.2) is 17.0 Å². The molecule has 0 fully saturated rings. The molecule has 0 saturated heterocycles.